The Morgan fingerprint density at radius 2 is 2.27 bits per heavy atom. The highest BCUT2D eigenvalue weighted by Gasteiger charge is 2.23. The monoisotopic (exact) mass is 335 g/mol. The molecule has 0 bridgehead atoms. The van der Waals surface area contributed by atoms with Crippen molar-refractivity contribution in [2.24, 2.45) is 0 Å². The third kappa shape index (κ3) is 3.23. The number of amides is 1. The summed E-state index contributed by atoms with van der Waals surface area (Å²) in [6, 6.07) is 5.49. The molecule has 1 aliphatic rings. The maximum absolute atomic E-state index is 12.5. The van der Waals surface area contributed by atoms with Crippen LogP contribution in [0, 0.1) is 0 Å². The van der Waals surface area contributed by atoms with Crippen LogP contribution in [0.2, 0.25) is 0 Å². The quantitative estimate of drug-likeness (QED) is 0.853. The van der Waals surface area contributed by atoms with Crippen molar-refractivity contribution in [3.63, 3.8) is 0 Å². The van der Waals surface area contributed by atoms with Gasteiger partial charge < -0.3 is 10.1 Å². The summed E-state index contributed by atoms with van der Waals surface area (Å²) in [5, 5.41) is 4.91. The molecule has 6 heteroatoms. The minimum atomic E-state index is -0.336. The van der Waals surface area contributed by atoms with E-state index in [0.717, 1.165) is 22.6 Å². The Bertz CT molecular complexity index is 654. The number of fused-ring (bicyclic) bond motifs is 1. The molecule has 1 atom stereocenters. The van der Waals surface area contributed by atoms with Crippen molar-refractivity contribution < 1.29 is 14.3 Å². The van der Waals surface area contributed by atoms with Crippen LogP contribution in [-0.4, -0.2) is 19.0 Å². The topological polar surface area (TPSA) is 55.4 Å². The maximum Gasteiger partial charge on any atom is 0.307 e. The first-order valence-electron chi connectivity index (χ1n) is 7.20. The fourth-order valence-corrected chi connectivity index (χ4v) is 4.57. The Balaban J connectivity index is 1.74. The highest BCUT2D eigenvalue weighted by Crippen LogP contribution is 2.31. The molecule has 22 heavy (non-hydrogen) atoms. The number of aryl methyl sites for hydroxylation is 2. The van der Waals surface area contributed by atoms with Gasteiger partial charge in [-0.05, 0) is 42.3 Å². The zero-order valence-electron chi connectivity index (χ0n) is 12.3. The Morgan fingerprint density at radius 1 is 1.41 bits per heavy atom. The van der Waals surface area contributed by atoms with E-state index < -0.39 is 0 Å². The zero-order valence-corrected chi connectivity index (χ0v) is 13.9. The Kier molecular flexibility index (Phi) is 4.59. The van der Waals surface area contributed by atoms with Gasteiger partial charge in [-0.25, -0.2) is 0 Å². The van der Waals surface area contributed by atoms with Gasteiger partial charge in [-0.1, -0.05) is 6.07 Å². The molecule has 2 aromatic heterocycles. The van der Waals surface area contributed by atoms with Crippen molar-refractivity contribution in [3.8, 4) is 0 Å². The Morgan fingerprint density at radius 3 is 2.95 bits per heavy atom. The second-order valence-electron chi connectivity index (χ2n) is 5.23. The van der Waals surface area contributed by atoms with Gasteiger partial charge in [0.2, 0.25) is 0 Å². The van der Waals surface area contributed by atoms with Crippen LogP contribution in [0.3, 0.4) is 0 Å². The van der Waals surface area contributed by atoms with E-state index in [4.69, 9.17) is 4.74 Å². The molecular formula is C16H17NO3S2. The molecule has 0 fully saturated rings. The Hall–Kier alpha value is -1.66. The summed E-state index contributed by atoms with van der Waals surface area (Å²) in [4.78, 5) is 27.1. The van der Waals surface area contributed by atoms with E-state index >= 15 is 0 Å². The number of ether oxygens (including phenoxy) is 1. The molecule has 3 rings (SSSR count). The van der Waals surface area contributed by atoms with Crippen molar-refractivity contribution in [2.45, 2.75) is 31.7 Å². The smallest absolute Gasteiger partial charge is 0.307 e. The molecule has 1 N–H and O–H groups in total. The minimum Gasteiger partial charge on any atom is -0.469 e. The Labute approximate surface area is 137 Å². The number of hydrogen-bond donors (Lipinski definition) is 1. The van der Waals surface area contributed by atoms with Gasteiger partial charge in [-0.3, -0.25) is 9.59 Å². The summed E-state index contributed by atoms with van der Waals surface area (Å²) in [6.07, 6.45) is 3.47. The van der Waals surface area contributed by atoms with E-state index in [1.54, 1.807) is 11.3 Å². The standard InChI is InChI=1S/C16H17NO3S2/c1-20-15(18)9-11(13-6-3-7-21-13)17-16(19)14-8-10-4-2-5-12(10)22-14/h3,6-8,11H,2,4-5,9H2,1H3,(H,17,19). The average Bonchev–Trinajstić information content (AvgIpc) is 3.21. The van der Waals surface area contributed by atoms with Crippen molar-refractivity contribution >= 4 is 34.6 Å². The van der Waals surface area contributed by atoms with Gasteiger partial charge in [0, 0.05) is 9.75 Å². The third-order valence-corrected chi connectivity index (χ3v) is 5.98. The van der Waals surface area contributed by atoms with Crippen LogP contribution >= 0.6 is 22.7 Å². The van der Waals surface area contributed by atoms with E-state index in [2.05, 4.69) is 5.32 Å². The molecule has 0 aromatic carbocycles. The minimum absolute atomic E-state index is 0.110. The lowest BCUT2D eigenvalue weighted by molar-refractivity contribution is -0.141. The summed E-state index contributed by atoms with van der Waals surface area (Å²) in [7, 11) is 1.36. The van der Waals surface area contributed by atoms with Crippen molar-refractivity contribution in [3.05, 3.63) is 43.8 Å². The van der Waals surface area contributed by atoms with Gasteiger partial charge >= 0.3 is 5.97 Å². The van der Waals surface area contributed by atoms with Gasteiger partial charge in [-0.2, -0.15) is 0 Å². The molecule has 0 aliphatic heterocycles. The molecule has 2 aromatic rings. The van der Waals surface area contributed by atoms with Gasteiger partial charge in [-0.15, -0.1) is 22.7 Å². The van der Waals surface area contributed by atoms with Gasteiger partial charge in [0.1, 0.15) is 0 Å². The summed E-state index contributed by atoms with van der Waals surface area (Å²) < 4.78 is 4.73. The van der Waals surface area contributed by atoms with Crippen LogP contribution in [0.15, 0.2) is 23.6 Å². The summed E-state index contributed by atoms with van der Waals surface area (Å²) in [5.41, 5.74) is 1.30. The van der Waals surface area contributed by atoms with Gasteiger partial charge in [0.15, 0.2) is 0 Å². The number of carbonyl (C=O) groups is 2. The summed E-state index contributed by atoms with van der Waals surface area (Å²) >= 11 is 3.09. The van der Waals surface area contributed by atoms with E-state index in [9.17, 15) is 9.59 Å². The molecule has 0 spiro atoms. The molecule has 1 amide bonds. The molecule has 0 saturated carbocycles. The second-order valence-corrected chi connectivity index (χ2v) is 7.35. The van der Waals surface area contributed by atoms with Gasteiger partial charge in [0.05, 0.1) is 24.4 Å². The predicted octanol–water partition coefficient (Wildman–Crippen LogP) is 3.33. The van der Waals surface area contributed by atoms with Crippen molar-refractivity contribution in [2.75, 3.05) is 7.11 Å². The van der Waals surface area contributed by atoms with Crippen LogP contribution in [0.5, 0.6) is 0 Å². The molecule has 1 unspecified atom stereocenters. The number of methoxy groups -OCH3 is 1. The highest BCUT2D eigenvalue weighted by molar-refractivity contribution is 7.14. The number of nitrogens with one attached hydrogen (secondary N) is 1. The number of esters is 1. The van der Waals surface area contributed by atoms with Crippen molar-refractivity contribution in [1.29, 1.82) is 0 Å². The zero-order chi connectivity index (χ0) is 15.5. The largest absolute Gasteiger partial charge is 0.469 e. The molecular weight excluding hydrogens is 318 g/mol. The summed E-state index contributed by atoms with van der Waals surface area (Å²) in [5.74, 6) is -0.436. The molecule has 0 saturated heterocycles. The van der Waals surface area contributed by atoms with E-state index in [1.807, 2.05) is 23.6 Å². The first-order chi connectivity index (χ1) is 10.7. The summed E-state index contributed by atoms with van der Waals surface area (Å²) in [6.45, 7) is 0. The fraction of sp³-hybridized carbons (Fsp3) is 0.375. The van der Waals surface area contributed by atoms with Crippen LogP contribution < -0.4 is 5.32 Å². The molecule has 1 aliphatic carbocycles. The highest BCUT2D eigenvalue weighted by atomic mass is 32.1. The normalized spacial score (nSPS) is 14.4. The molecule has 0 radical (unpaired) electrons. The number of hydrogen-bond acceptors (Lipinski definition) is 5. The lowest BCUT2D eigenvalue weighted by atomic mass is 10.1. The number of carbonyl (C=O) groups excluding carboxylic acids is 2. The molecule has 4 nitrogen and oxygen atoms in total. The van der Waals surface area contributed by atoms with Crippen LogP contribution in [0.1, 0.15) is 43.9 Å². The number of thiophene rings is 2. The van der Waals surface area contributed by atoms with Gasteiger partial charge in [0.25, 0.3) is 5.91 Å². The average molecular weight is 335 g/mol. The lowest BCUT2D eigenvalue weighted by Gasteiger charge is -2.15. The molecule has 116 valence electrons. The lowest BCUT2D eigenvalue weighted by Crippen LogP contribution is -2.29. The first kappa shape index (κ1) is 15.2. The maximum atomic E-state index is 12.5. The SMILES string of the molecule is COC(=O)CC(NC(=O)c1cc2c(s1)CCC2)c1cccs1. The van der Waals surface area contributed by atoms with E-state index in [1.165, 1.54) is 35.3 Å². The molecule has 2 heterocycles. The van der Waals surface area contributed by atoms with Crippen LogP contribution in [-0.2, 0) is 22.4 Å². The van der Waals surface area contributed by atoms with Crippen LogP contribution in [0.4, 0.5) is 0 Å². The first-order valence-corrected chi connectivity index (χ1v) is 8.89. The van der Waals surface area contributed by atoms with E-state index in [0.29, 0.717) is 0 Å². The predicted molar refractivity (Wildman–Crippen MR) is 87.5 cm³/mol. The number of rotatable bonds is 5. The van der Waals surface area contributed by atoms with E-state index in [-0.39, 0.29) is 24.3 Å². The third-order valence-electron chi connectivity index (χ3n) is 3.76. The second kappa shape index (κ2) is 6.62. The fourth-order valence-electron chi connectivity index (χ4n) is 2.63. The van der Waals surface area contributed by atoms with Crippen LogP contribution in [0.25, 0.3) is 0 Å². The van der Waals surface area contributed by atoms with Crippen molar-refractivity contribution in [1.82, 2.24) is 5.32 Å².